The zero-order valence-electron chi connectivity index (χ0n) is 13.3. The Morgan fingerprint density at radius 2 is 2.00 bits per heavy atom. The number of nitrogens with one attached hydrogen (secondary N) is 2. The standard InChI is InChI=1S/C16H17F2N3O3S/c17-16(18)6-8-3-9(7-16)5-10(4-8)19-14(22)12-2-1-11(25-12)13-20-15(23)24-21-13/h1-2,8-10H,3-7H2,(H,19,22)(H,20,21,23)/t8-,9+,10?. The Balaban J connectivity index is 1.41. The lowest BCUT2D eigenvalue weighted by atomic mass is 9.69. The Kier molecular flexibility index (Phi) is 3.98. The maximum absolute atomic E-state index is 13.6. The van der Waals surface area contributed by atoms with E-state index in [1.807, 2.05) is 0 Å². The van der Waals surface area contributed by atoms with Crippen LogP contribution in [0.5, 0.6) is 0 Å². The first kappa shape index (κ1) is 16.4. The molecule has 1 amide bonds. The number of hydrogen-bond acceptors (Lipinski definition) is 5. The molecular weight excluding hydrogens is 352 g/mol. The second kappa shape index (κ2) is 6.05. The average Bonchev–Trinajstić information content (AvgIpc) is 3.13. The third-order valence-electron chi connectivity index (χ3n) is 4.92. The van der Waals surface area contributed by atoms with Gasteiger partial charge in [0, 0.05) is 18.9 Å². The number of thiophene rings is 1. The van der Waals surface area contributed by atoms with Gasteiger partial charge in [-0.05, 0) is 43.2 Å². The largest absolute Gasteiger partial charge is 0.439 e. The van der Waals surface area contributed by atoms with Gasteiger partial charge in [-0.25, -0.2) is 13.6 Å². The van der Waals surface area contributed by atoms with Crippen LogP contribution in [0, 0.1) is 11.8 Å². The van der Waals surface area contributed by atoms with E-state index in [9.17, 15) is 18.4 Å². The second-order valence-electron chi connectivity index (χ2n) is 6.98. The van der Waals surface area contributed by atoms with Crippen molar-refractivity contribution in [2.75, 3.05) is 0 Å². The molecule has 0 spiro atoms. The highest BCUT2D eigenvalue weighted by Crippen LogP contribution is 2.47. The van der Waals surface area contributed by atoms with Crippen LogP contribution in [-0.2, 0) is 0 Å². The summed E-state index contributed by atoms with van der Waals surface area (Å²) in [7, 11) is 0. The highest BCUT2D eigenvalue weighted by Gasteiger charge is 2.45. The van der Waals surface area contributed by atoms with E-state index in [0.29, 0.717) is 22.6 Å². The monoisotopic (exact) mass is 369 g/mol. The Labute approximate surface area is 145 Å². The molecule has 2 aromatic rings. The molecule has 2 N–H and O–H groups in total. The summed E-state index contributed by atoms with van der Waals surface area (Å²) in [5.41, 5.74) is 0. The van der Waals surface area contributed by atoms with Gasteiger partial charge in [-0.3, -0.25) is 14.3 Å². The number of carbonyl (C=O) groups excluding carboxylic acids is 1. The minimum Gasteiger partial charge on any atom is -0.349 e. The number of alkyl halides is 2. The molecule has 9 heteroatoms. The van der Waals surface area contributed by atoms with Crippen molar-refractivity contribution < 1.29 is 18.1 Å². The normalized spacial score (nSPS) is 27.8. The molecule has 2 aliphatic carbocycles. The SMILES string of the molecule is O=C(NC1C[C@@H]2C[C@H](C1)CC(F)(F)C2)c1ccc(-c2noc(=O)[nH]2)s1. The van der Waals surface area contributed by atoms with Crippen molar-refractivity contribution in [2.24, 2.45) is 11.8 Å². The fraction of sp³-hybridized carbons (Fsp3) is 0.562. The summed E-state index contributed by atoms with van der Waals surface area (Å²) < 4.78 is 31.7. The molecule has 2 saturated carbocycles. The summed E-state index contributed by atoms with van der Waals surface area (Å²) in [6, 6.07) is 3.27. The predicted molar refractivity (Wildman–Crippen MR) is 86.7 cm³/mol. The van der Waals surface area contributed by atoms with Crippen LogP contribution in [0.15, 0.2) is 21.5 Å². The first-order chi connectivity index (χ1) is 11.9. The molecular formula is C16H17F2N3O3S. The number of hydrogen-bond donors (Lipinski definition) is 2. The van der Waals surface area contributed by atoms with Crippen LogP contribution in [0.4, 0.5) is 8.78 Å². The molecule has 6 nitrogen and oxygen atoms in total. The topological polar surface area (TPSA) is 88.0 Å². The number of fused-ring (bicyclic) bond motifs is 2. The maximum atomic E-state index is 13.6. The Bertz CT molecular complexity index is 828. The van der Waals surface area contributed by atoms with Crippen LogP contribution < -0.4 is 11.1 Å². The first-order valence-electron chi connectivity index (χ1n) is 8.23. The van der Waals surface area contributed by atoms with Gasteiger partial charge in [-0.2, -0.15) is 0 Å². The molecule has 25 heavy (non-hydrogen) atoms. The summed E-state index contributed by atoms with van der Waals surface area (Å²) in [4.78, 5) is 27.0. The van der Waals surface area contributed by atoms with E-state index >= 15 is 0 Å². The van der Waals surface area contributed by atoms with Crippen molar-refractivity contribution in [2.45, 2.75) is 44.1 Å². The number of rotatable bonds is 3. The molecule has 2 aromatic heterocycles. The van der Waals surface area contributed by atoms with Gasteiger partial charge in [0.15, 0.2) is 5.82 Å². The number of H-pyrrole nitrogens is 1. The summed E-state index contributed by atoms with van der Waals surface area (Å²) in [5.74, 6) is -3.19. The van der Waals surface area contributed by atoms with Crippen LogP contribution in [0.1, 0.15) is 41.8 Å². The van der Waals surface area contributed by atoms with Gasteiger partial charge in [-0.15, -0.1) is 11.3 Å². The molecule has 134 valence electrons. The smallest absolute Gasteiger partial charge is 0.349 e. The van der Waals surface area contributed by atoms with Crippen LogP contribution in [-0.4, -0.2) is 28.0 Å². The lowest BCUT2D eigenvalue weighted by Crippen LogP contribution is -2.45. The van der Waals surface area contributed by atoms with Crippen LogP contribution in [0.3, 0.4) is 0 Å². The van der Waals surface area contributed by atoms with Gasteiger partial charge in [0.25, 0.3) is 5.91 Å². The van der Waals surface area contributed by atoms with Crippen molar-refractivity contribution in [3.8, 4) is 10.7 Å². The van der Waals surface area contributed by atoms with Gasteiger partial charge < -0.3 is 5.32 Å². The van der Waals surface area contributed by atoms with Crippen molar-refractivity contribution in [1.82, 2.24) is 15.5 Å². The summed E-state index contributed by atoms with van der Waals surface area (Å²) in [6.45, 7) is 0. The Morgan fingerprint density at radius 1 is 1.28 bits per heavy atom. The fourth-order valence-corrected chi connectivity index (χ4v) is 4.97. The van der Waals surface area contributed by atoms with Gasteiger partial charge in [-0.1, -0.05) is 5.16 Å². The highest BCUT2D eigenvalue weighted by atomic mass is 32.1. The first-order valence-corrected chi connectivity index (χ1v) is 9.04. The minimum atomic E-state index is -2.56. The van der Waals surface area contributed by atoms with Gasteiger partial charge in [0.1, 0.15) is 0 Å². The van der Waals surface area contributed by atoms with E-state index in [-0.39, 0.29) is 42.5 Å². The molecule has 0 aliphatic heterocycles. The van der Waals surface area contributed by atoms with Crippen molar-refractivity contribution in [3.63, 3.8) is 0 Å². The summed E-state index contributed by atoms with van der Waals surface area (Å²) in [5, 5.41) is 6.56. The average molecular weight is 369 g/mol. The molecule has 2 bridgehead atoms. The number of amides is 1. The van der Waals surface area contributed by atoms with Crippen LogP contribution in [0.2, 0.25) is 0 Å². The predicted octanol–water partition coefficient (Wildman–Crippen LogP) is 3.04. The minimum absolute atomic E-state index is 0.0214. The summed E-state index contributed by atoms with van der Waals surface area (Å²) >= 11 is 1.19. The van der Waals surface area contributed by atoms with E-state index in [0.717, 1.165) is 6.42 Å². The fourth-order valence-electron chi connectivity index (χ4n) is 4.12. The van der Waals surface area contributed by atoms with E-state index in [2.05, 4.69) is 20.0 Å². The van der Waals surface area contributed by atoms with E-state index in [4.69, 9.17) is 0 Å². The third kappa shape index (κ3) is 3.51. The second-order valence-corrected chi connectivity index (χ2v) is 8.07. The van der Waals surface area contributed by atoms with E-state index < -0.39 is 11.7 Å². The van der Waals surface area contributed by atoms with Gasteiger partial charge in [0.05, 0.1) is 9.75 Å². The zero-order valence-corrected chi connectivity index (χ0v) is 14.1. The number of aromatic nitrogens is 2. The molecule has 0 aromatic carbocycles. The molecule has 2 aliphatic rings. The molecule has 3 atom stereocenters. The number of nitrogens with zero attached hydrogens (tertiary/aromatic N) is 1. The number of carbonyl (C=O) groups is 1. The molecule has 0 radical (unpaired) electrons. The molecule has 0 saturated heterocycles. The van der Waals surface area contributed by atoms with Crippen molar-refractivity contribution in [3.05, 3.63) is 27.6 Å². The van der Waals surface area contributed by atoms with Gasteiger partial charge >= 0.3 is 5.76 Å². The van der Waals surface area contributed by atoms with E-state index in [1.54, 1.807) is 12.1 Å². The van der Waals surface area contributed by atoms with E-state index in [1.165, 1.54) is 11.3 Å². The lowest BCUT2D eigenvalue weighted by molar-refractivity contribution is -0.0875. The molecule has 2 heterocycles. The highest BCUT2D eigenvalue weighted by molar-refractivity contribution is 7.17. The molecule has 1 unspecified atom stereocenters. The molecule has 4 rings (SSSR count). The summed E-state index contributed by atoms with van der Waals surface area (Å²) in [6.07, 6.45) is 1.90. The molecule has 2 fully saturated rings. The third-order valence-corrected chi connectivity index (χ3v) is 6.01. The Morgan fingerprint density at radius 3 is 2.64 bits per heavy atom. The van der Waals surface area contributed by atoms with Crippen LogP contribution >= 0.6 is 11.3 Å². The zero-order chi connectivity index (χ0) is 17.6. The van der Waals surface area contributed by atoms with Crippen molar-refractivity contribution in [1.29, 1.82) is 0 Å². The quantitative estimate of drug-likeness (QED) is 0.870. The van der Waals surface area contributed by atoms with Crippen molar-refractivity contribution >= 4 is 17.2 Å². The number of aromatic amines is 1. The van der Waals surface area contributed by atoms with Crippen LogP contribution in [0.25, 0.3) is 10.7 Å². The number of halogens is 2. The van der Waals surface area contributed by atoms with Gasteiger partial charge in [0.2, 0.25) is 5.92 Å². The Hall–Kier alpha value is -2.03. The lowest BCUT2D eigenvalue weighted by Gasteiger charge is -2.42. The maximum Gasteiger partial charge on any atom is 0.439 e.